The monoisotopic (exact) mass is 552 g/mol. The van der Waals surface area contributed by atoms with E-state index >= 15 is 0 Å². The van der Waals surface area contributed by atoms with Crippen LogP contribution in [0.3, 0.4) is 0 Å². The molecule has 38 heavy (non-hydrogen) atoms. The van der Waals surface area contributed by atoms with Crippen LogP contribution in [0.4, 0.5) is 24.7 Å². The van der Waals surface area contributed by atoms with Gasteiger partial charge in [0, 0.05) is 25.3 Å². The van der Waals surface area contributed by atoms with Crippen LogP contribution >= 0.6 is 11.6 Å². The van der Waals surface area contributed by atoms with Gasteiger partial charge in [-0.3, -0.25) is 4.57 Å². The average molecular weight is 553 g/mol. The first-order valence-electron chi connectivity index (χ1n) is 12.3. The van der Waals surface area contributed by atoms with Gasteiger partial charge >= 0.3 is 17.3 Å². The molecule has 1 aliphatic rings. The number of aromatic nitrogens is 2. The van der Waals surface area contributed by atoms with Gasteiger partial charge in [-0.2, -0.15) is 13.2 Å². The van der Waals surface area contributed by atoms with Crippen LogP contribution in [0.1, 0.15) is 30.4 Å². The Morgan fingerprint density at radius 3 is 2.37 bits per heavy atom. The van der Waals surface area contributed by atoms with Gasteiger partial charge in [0.2, 0.25) is 0 Å². The van der Waals surface area contributed by atoms with E-state index in [-0.39, 0.29) is 30.7 Å². The van der Waals surface area contributed by atoms with Gasteiger partial charge in [-0.1, -0.05) is 12.1 Å². The minimum absolute atomic E-state index is 0.0102. The van der Waals surface area contributed by atoms with E-state index in [0.29, 0.717) is 11.7 Å². The summed E-state index contributed by atoms with van der Waals surface area (Å²) < 4.78 is 45.4. The van der Waals surface area contributed by atoms with E-state index in [0.717, 1.165) is 55.7 Å². The average Bonchev–Trinajstić information content (AvgIpc) is 3.27. The minimum Gasteiger partial charge on any atom is -0.491 e. The summed E-state index contributed by atoms with van der Waals surface area (Å²) in [7, 11) is 0. The number of nitrogens with zero attached hydrogens (tertiary/aromatic N) is 4. The molecule has 1 N–H and O–H groups in total. The van der Waals surface area contributed by atoms with Crippen LogP contribution in [0.5, 0.6) is 5.75 Å². The number of aryl methyl sites for hydroxylation is 1. The maximum Gasteiger partial charge on any atom is 0.416 e. The van der Waals surface area contributed by atoms with Gasteiger partial charge in [0.15, 0.2) is 0 Å². The van der Waals surface area contributed by atoms with Crippen LogP contribution in [-0.4, -0.2) is 45.4 Å². The number of ether oxygens (including phenoxy) is 1. The van der Waals surface area contributed by atoms with Crippen molar-refractivity contribution in [3.8, 4) is 5.75 Å². The summed E-state index contributed by atoms with van der Waals surface area (Å²) in [5.41, 5.74) is 1.36. The second-order valence-electron chi connectivity index (χ2n) is 9.40. The SMILES string of the molecule is O=[N+]([O-])c1cn(CC[C@@H](O)COc2ccc(N3CCC(Cc4ccc(C(F)(F)F)cc4)CC3)cc2)c(Cl)n1. The summed E-state index contributed by atoms with van der Waals surface area (Å²) in [5.74, 6) is 0.695. The van der Waals surface area contributed by atoms with E-state index < -0.39 is 22.8 Å². The number of hydrogen-bond acceptors (Lipinski definition) is 6. The molecule has 2 heterocycles. The van der Waals surface area contributed by atoms with E-state index in [9.17, 15) is 28.4 Å². The molecule has 8 nitrogen and oxygen atoms in total. The summed E-state index contributed by atoms with van der Waals surface area (Å²) in [6.07, 6.45) is -0.918. The number of rotatable bonds is 10. The lowest BCUT2D eigenvalue weighted by Gasteiger charge is -2.33. The molecule has 1 aliphatic heterocycles. The number of hydrogen-bond donors (Lipinski definition) is 1. The maximum atomic E-state index is 12.8. The second-order valence-corrected chi connectivity index (χ2v) is 9.73. The molecule has 0 spiro atoms. The number of imidazole rings is 1. The van der Waals surface area contributed by atoms with Gasteiger partial charge in [-0.25, -0.2) is 0 Å². The van der Waals surface area contributed by atoms with Gasteiger partial charge < -0.3 is 24.9 Å². The van der Waals surface area contributed by atoms with Crippen molar-refractivity contribution in [2.75, 3.05) is 24.6 Å². The number of anilines is 1. The third-order valence-electron chi connectivity index (χ3n) is 6.67. The highest BCUT2D eigenvalue weighted by molar-refractivity contribution is 6.28. The molecule has 1 saturated heterocycles. The molecular formula is C26H28ClF3N4O4. The lowest BCUT2D eigenvalue weighted by molar-refractivity contribution is -0.389. The summed E-state index contributed by atoms with van der Waals surface area (Å²) >= 11 is 5.88. The Balaban J connectivity index is 1.19. The predicted molar refractivity (Wildman–Crippen MR) is 137 cm³/mol. The topological polar surface area (TPSA) is 93.7 Å². The zero-order valence-electron chi connectivity index (χ0n) is 20.5. The Bertz CT molecular complexity index is 1210. The van der Waals surface area contributed by atoms with Crippen LogP contribution in [0, 0.1) is 16.0 Å². The summed E-state index contributed by atoms with van der Waals surface area (Å²) in [4.78, 5) is 16.1. The highest BCUT2D eigenvalue weighted by Gasteiger charge is 2.30. The van der Waals surface area contributed by atoms with Crippen molar-refractivity contribution >= 4 is 23.1 Å². The molecule has 1 aromatic heterocycles. The van der Waals surface area contributed by atoms with Crippen molar-refractivity contribution in [3.63, 3.8) is 0 Å². The smallest absolute Gasteiger partial charge is 0.416 e. The third kappa shape index (κ3) is 7.38. The molecule has 0 amide bonds. The van der Waals surface area contributed by atoms with Crippen molar-refractivity contribution in [3.05, 3.63) is 81.3 Å². The number of alkyl halides is 3. The molecule has 1 fully saturated rings. The fraction of sp³-hybridized carbons (Fsp3) is 0.423. The van der Waals surface area contributed by atoms with Crippen molar-refractivity contribution in [2.24, 2.45) is 5.92 Å². The van der Waals surface area contributed by atoms with Crippen LogP contribution in [-0.2, 0) is 19.1 Å². The zero-order valence-corrected chi connectivity index (χ0v) is 21.2. The van der Waals surface area contributed by atoms with Crippen molar-refractivity contribution < 1.29 is 27.9 Å². The fourth-order valence-electron chi connectivity index (χ4n) is 4.50. The standard InChI is InChI=1S/C26H28ClF3N4O4/c27-25-31-24(34(36)37)16-33(25)14-11-22(35)17-38-23-7-5-21(6-8-23)32-12-9-19(10-13-32)15-18-1-3-20(4-2-18)26(28,29)30/h1-8,16,19,22,35H,9-15,17H2/t22-/m1/s1. The molecule has 1 atom stereocenters. The first kappa shape index (κ1) is 27.7. The molecule has 0 aliphatic carbocycles. The Hall–Kier alpha value is -3.31. The fourth-order valence-corrected chi connectivity index (χ4v) is 4.72. The van der Waals surface area contributed by atoms with Crippen LogP contribution in [0.25, 0.3) is 0 Å². The van der Waals surface area contributed by atoms with E-state index in [1.807, 2.05) is 24.3 Å². The van der Waals surface area contributed by atoms with Crippen LogP contribution < -0.4 is 9.64 Å². The maximum absolute atomic E-state index is 12.8. The molecule has 0 saturated carbocycles. The van der Waals surface area contributed by atoms with Crippen LogP contribution in [0.2, 0.25) is 5.28 Å². The first-order valence-corrected chi connectivity index (χ1v) is 12.7. The Kier molecular flexibility index (Phi) is 8.78. The Morgan fingerprint density at radius 1 is 1.13 bits per heavy atom. The predicted octanol–water partition coefficient (Wildman–Crippen LogP) is 5.75. The number of benzene rings is 2. The normalized spacial score (nSPS) is 15.4. The lowest BCUT2D eigenvalue weighted by Crippen LogP contribution is -2.34. The first-order chi connectivity index (χ1) is 18.1. The molecule has 0 unspecified atom stereocenters. The minimum atomic E-state index is -4.31. The summed E-state index contributed by atoms with van der Waals surface area (Å²) in [5, 5.41) is 21.0. The molecule has 2 aromatic carbocycles. The molecule has 204 valence electrons. The summed E-state index contributed by atoms with van der Waals surface area (Å²) in [6, 6.07) is 13.0. The summed E-state index contributed by atoms with van der Waals surface area (Å²) in [6.45, 7) is 2.04. The van der Waals surface area contributed by atoms with Crippen molar-refractivity contribution in [2.45, 2.75) is 44.5 Å². The number of aliphatic hydroxyl groups excluding tert-OH is 1. The number of nitro groups is 1. The quantitative estimate of drug-likeness (QED) is 0.254. The Morgan fingerprint density at radius 2 is 1.79 bits per heavy atom. The molecule has 0 radical (unpaired) electrons. The molecular weight excluding hydrogens is 525 g/mol. The van der Waals surface area contributed by atoms with Gasteiger partial charge in [-0.05, 0) is 95.1 Å². The number of piperidine rings is 1. The molecule has 0 bridgehead atoms. The van der Waals surface area contributed by atoms with Crippen molar-refractivity contribution in [1.82, 2.24) is 9.55 Å². The van der Waals surface area contributed by atoms with Gasteiger partial charge in [-0.15, -0.1) is 0 Å². The lowest BCUT2D eigenvalue weighted by atomic mass is 9.89. The Labute approximate surface area is 222 Å². The molecule has 3 aromatic rings. The number of aliphatic hydroxyl groups is 1. The van der Waals surface area contributed by atoms with Crippen LogP contribution in [0.15, 0.2) is 54.7 Å². The van der Waals surface area contributed by atoms with Gasteiger partial charge in [0.05, 0.1) is 11.7 Å². The van der Waals surface area contributed by atoms with Gasteiger partial charge in [0.1, 0.15) is 18.6 Å². The van der Waals surface area contributed by atoms with E-state index in [1.54, 1.807) is 12.1 Å². The van der Waals surface area contributed by atoms with E-state index in [1.165, 1.54) is 10.8 Å². The second kappa shape index (κ2) is 12.0. The van der Waals surface area contributed by atoms with Crippen molar-refractivity contribution in [1.29, 1.82) is 0 Å². The highest BCUT2D eigenvalue weighted by Crippen LogP contribution is 2.31. The number of halogens is 4. The zero-order chi connectivity index (χ0) is 27.3. The highest BCUT2D eigenvalue weighted by atomic mass is 35.5. The van der Waals surface area contributed by atoms with E-state index in [2.05, 4.69) is 9.88 Å². The molecule has 4 rings (SSSR count). The molecule has 12 heteroatoms. The van der Waals surface area contributed by atoms with Gasteiger partial charge in [0.25, 0.3) is 0 Å². The third-order valence-corrected chi connectivity index (χ3v) is 6.97. The largest absolute Gasteiger partial charge is 0.491 e. The van der Waals surface area contributed by atoms with E-state index in [4.69, 9.17) is 16.3 Å².